The predicted octanol–water partition coefficient (Wildman–Crippen LogP) is 5.20. The number of imidazole rings is 2. The topological polar surface area (TPSA) is 82.1 Å². The number of benzene rings is 2. The molecule has 38 heavy (non-hydrogen) atoms. The number of fused-ring (bicyclic) bond motifs is 2. The molecule has 9 heteroatoms. The van der Waals surface area contributed by atoms with Gasteiger partial charge >= 0.3 is 0 Å². The van der Waals surface area contributed by atoms with Crippen LogP contribution in [0, 0.1) is 5.82 Å². The normalized spacial score (nSPS) is 19.3. The van der Waals surface area contributed by atoms with Crippen molar-refractivity contribution in [1.82, 2.24) is 24.4 Å². The van der Waals surface area contributed by atoms with Crippen molar-refractivity contribution < 1.29 is 9.18 Å². The number of hydrogen-bond acceptors (Lipinski definition) is 5. The van der Waals surface area contributed by atoms with Gasteiger partial charge in [-0.1, -0.05) is 0 Å². The van der Waals surface area contributed by atoms with Crippen LogP contribution in [0.2, 0.25) is 0 Å². The number of likely N-dealkylation sites (N-methyl/N-ethyl adjacent to an activating group) is 1. The number of nitrogens with zero attached hydrogens (tertiary/aromatic N) is 5. The highest BCUT2D eigenvalue weighted by Gasteiger charge is 2.37. The third-order valence-corrected chi connectivity index (χ3v) is 7.84. The number of amides is 1. The summed E-state index contributed by atoms with van der Waals surface area (Å²) >= 11 is 0. The van der Waals surface area contributed by atoms with E-state index in [1.807, 2.05) is 30.5 Å². The fraction of sp³-hybridized carbons (Fsp3) is 0.345. The van der Waals surface area contributed by atoms with E-state index in [-0.39, 0.29) is 23.5 Å². The zero-order valence-corrected chi connectivity index (χ0v) is 21.9. The largest absolute Gasteiger partial charge is 0.368 e. The van der Waals surface area contributed by atoms with Crippen LogP contribution in [0.1, 0.15) is 43.2 Å². The van der Waals surface area contributed by atoms with E-state index in [1.165, 1.54) is 30.7 Å². The number of carbonyl (C=O) groups is 1. The molecule has 2 aromatic heterocycles. The molecule has 2 aromatic carbocycles. The van der Waals surface area contributed by atoms with Gasteiger partial charge in [0.05, 0.1) is 12.0 Å². The lowest BCUT2D eigenvalue weighted by Gasteiger charge is -2.40. The molecule has 0 aliphatic carbocycles. The first-order valence-electron chi connectivity index (χ1n) is 13.1. The number of hydrogen-bond donors (Lipinski definition) is 2. The summed E-state index contributed by atoms with van der Waals surface area (Å²) in [6, 6.07) is 15.6. The lowest BCUT2D eigenvalue weighted by Crippen LogP contribution is -2.52. The summed E-state index contributed by atoms with van der Waals surface area (Å²) in [6.07, 6.45) is 5.88. The minimum Gasteiger partial charge on any atom is -0.368 e. The maximum Gasteiger partial charge on any atom is 0.275 e. The van der Waals surface area contributed by atoms with Gasteiger partial charge in [-0.15, -0.1) is 0 Å². The van der Waals surface area contributed by atoms with E-state index in [4.69, 9.17) is 0 Å². The average molecular weight is 514 g/mol. The summed E-state index contributed by atoms with van der Waals surface area (Å²) in [5.74, 6) is -0.0724. The number of nitrogens with one attached hydrogen (secondary N) is 2. The fourth-order valence-electron chi connectivity index (χ4n) is 5.64. The average Bonchev–Trinajstić information content (AvgIpc) is 3.61. The van der Waals surface area contributed by atoms with Crippen LogP contribution in [0.25, 0.3) is 22.8 Å². The Morgan fingerprint density at radius 2 is 1.74 bits per heavy atom. The van der Waals surface area contributed by atoms with Gasteiger partial charge in [-0.2, -0.15) is 0 Å². The molecule has 1 amide bonds. The molecule has 2 aliphatic heterocycles. The summed E-state index contributed by atoms with van der Waals surface area (Å²) in [4.78, 5) is 30.3. The molecular formula is C29H32FN7O. The Hall–Kier alpha value is -3.98. The maximum absolute atomic E-state index is 13.5. The second kappa shape index (κ2) is 9.72. The molecule has 8 nitrogen and oxygen atoms in total. The zero-order valence-electron chi connectivity index (χ0n) is 21.9. The van der Waals surface area contributed by atoms with Crippen LogP contribution < -0.4 is 10.2 Å². The highest BCUT2D eigenvalue weighted by Crippen LogP contribution is 2.33. The van der Waals surface area contributed by atoms with Gasteiger partial charge in [-0.25, -0.2) is 14.4 Å². The molecule has 2 saturated heterocycles. The molecule has 6 rings (SSSR count). The van der Waals surface area contributed by atoms with E-state index < -0.39 is 0 Å². The summed E-state index contributed by atoms with van der Waals surface area (Å²) in [5.41, 5.74) is 4.38. The quantitative estimate of drug-likeness (QED) is 0.371. The van der Waals surface area contributed by atoms with E-state index in [1.54, 1.807) is 24.7 Å². The molecule has 2 aliphatic rings. The number of anilines is 2. The van der Waals surface area contributed by atoms with Gasteiger partial charge in [0.2, 0.25) is 0 Å². The molecule has 2 atom stereocenters. The number of carbonyl (C=O) groups excluding carboxylic acids is 1. The lowest BCUT2D eigenvalue weighted by molar-refractivity contribution is 0.102. The van der Waals surface area contributed by atoms with Crippen molar-refractivity contribution in [2.24, 2.45) is 0 Å². The van der Waals surface area contributed by atoms with Crippen LogP contribution >= 0.6 is 0 Å². The number of halogens is 1. The Kier molecular flexibility index (Phi) is 6.23. The molecule has 0 saturated carbocycles. The van der Waals surface area contributed by atoms with Gasteiger partial charge < -0.3 is 19.8 Å². The molecule has 0 spiro atoms. The second-order valence-corrected chi connectivity index (χ2v) is 10.5. The third kappa shape index (κ3) is 4.47. The van der Waals surface area contributed by atoms with E-state index in [9.17, 15) is 9.18 Å². The zero-order chi connectivity index (χ0) is 26.4. The van der Waals surface area contributed by atoms with Gasteiger partial charge in [0, 0.05) is 54.4 Å². The predicted molar refractivity (Wildman–Crippen MR) is 147 cm³/mol. The molecule has 4 heterocycles. The molecule has 2 bridgehead atoms. The molecule has 196 valence electrons. The monoisotopic (exact) mass is 513 g/mol. The van der Waals surface area contributed by atoms with Crippen LogP contribution in [0.4, 0.5) is 15.8 Å². The number of piperazine rings is 1. The van der Waals surface area contributed by atoms with Gasteiger partial charge in [0.25, 0.3) is 5.91 Å². The summed E-state index contributed by atoms with van der Waals surface area (Å²) in [7, 11) is 2.24. The molecule has 4 aromatic rings. The summed E-state index contributed by atoms with van der Waals surface area (Å²) < 4.78 is 15.5. The Morgan fingerprint density at radius 3 is 2.39 bits per heavy atom. The molecular weight excluding hydrogens is 481 g/mol. The molecule has 0 radical (unpaired) electrons. The van der Waals surface area contributed by atoms with Gasteiger partial charge in [-0.3, -0.25) is 9.69 Å². The van der Waals surface area contributed by atoms with E-state index in [0.29, 0.717) is 23.6 Å². The van der Waals surface area contributed by atoms with Gasteiger partial charge in [0.1, 0.15) is 17.2 Å². The van der Waals surface area contributed by atoms with Crippen molar-refractivity contribution in [3.8, 4) is 22.8 Å². The minimum atomic E-state index is -0.306. The lowest BCUT2D eigenvalue weighted by atomic mass is 10.1. The Balaban J connectivity index is 1.19. The highest BCUT2D eigenvalue weighted by molar-refractivity contribution is 6.03. The SMILES string of the molecule is CC(C)n1cnc(-c2ccc(F)cc2)c1-c1nc(C(=O)Nc2ccc(N3C[C@H]4CC[C@@H](C3)N4C)cc2)c[nH]1. The van der Waals surface area contributed by atoms with Crippen LogP contribution in [0.15, 0.2) is 61.1 Å². The van der Waals surface area contributed by atoms with Crippen LogP contribution in [-0.2, 0) is 0 Å². The summed E-state index contributed by atoms with van der Waals surface area (Å²) in [5, 5.41) is 2.96. The Morgan fingerprint density at radius 1 is 1.05 bits per heavy atom. The van der Waals surface area contributed by atoms with Crippen molar-refractivity contribution in [2.75, 3.05) is 30.4 Å². The first-order valence-corrected chi connectivity index (χ1v) is 13.1. The van der Waals surface area contributed by atoms with Gasteiger partial charge in [-0.05, 0) is 82.3 Å². The summed E-state index contributed by atoms with van der Waals surface area (Å²) in [6.45, 7) is 6.18. The molecule has 2 N–H and O–H groups in total. The van der Waals surface area contributed by atoms with Crippen molar-refractivity contribution >= 4 is 17.3 Å². The van der Waals surface area contributed by atoms with Crippen molar-refractivity contribution in [1.29, 1.82) is 0 Å². The Bertz CT molecular complexity index is 1430. The van der Waals surface area contributed by atoms with Crippen LogP contribution in [-0.4, -0.2) is 62.5 Å². The van der Waals surface area contributed by atoms with E-state index in [0.717, 1.165) is 30.0 Å². The molecule has 0 unspecified atom stereocenters. The number of aromatic amines is 1. The standard InChI is InChI=1S/C29H32FN7O/c1-18(2)37-17-32-26(19-4-6-20(30)7-5-19)27(37)28-31-14-25(34-28)29(38)33-21-8-10-22(11-9-21)36-15-23-12-13-24(16-36)35(23)3/h4-11,14,17-18,23-24H,12-13,15-16H2,1-3H3,(H,31,34)(H,33,38)/t23-,24+. The van der Waals surface area contributed by atoms with Crippen LogP contribution in [0.5, 0.6) is 0 Å². The fourth-order valence-corrected chi connectivity index (χ4v) is 5.64. The maximum atomic E-state index is 13.5. The van der Waals surface area contributed by atoms with Crippen molar-refractivity contribution in [3.05, 3.63) is 72.6 Å². The smallest absolute Gasteiger partial charge is 0.275 e. The number of rotatable bonds is 6. The van der Waals surface area contributed by atoms with Crippen LogP contribution in [0.3, 0.4) is 0 Å². The minimum absolute atomic E-state index is 0.114. The molecule has 2 fully saturated rings. The highest BCUT2D eigenvalue weighted by atomic mass is 19.1. The van der Waals surface area contributed by atoms with E-state index >= 15 is 0 Å². The second-order valence-electron chi connectivity index (χ2n) is 10.5. The number of aromatic nitrogens is 4. The van der Waals surface area contributed by atoms with Crippen molar-refractivity contribution in [3.63, 3.8) is 0 Å². The third-order valence-electron chi connectivity index (χ3n) is 7.84. The van der Waals surface area contributed by atoms with Gasteiger partial charge in [0.15, 0.2) is 5.82 Å². The number of H-pyrrole nitrogens is 1. The Labute approximate surface area is 221 Å². The van der Waals surface area contributed by atoms with E-state index in [2.05, 4.69) is 49.2 Å². The van der Waals surface area contributed by atoms with Crippen molar-refractivity contribution in [2.45, 2.75) is 44.8 Å². The first-order chi connectivity index (χ1) is 18.4. The first kappa shape index (κ1) is 24.4.